The Bertz CT molecular complexity index is 516. The van der Waals surface area contributed by atoms with Crippen molar-refractivity contribution >= 4 is 27.7 Å². The summed E-state index contributed by atoms with van der Waals surface area (Å²) in [5.41, 5.74) is 7.02. The van der Waals surface area contributed by atoms with Gasteiger partial charge in [0.15, 0.2) is 0 Å². The van der Waals surface area contributed by atoms with Gasteiger partial charge in [-0.15, -0.1) is 0 Å². The molecule has 1 aromatic carbocycles. The number of rotatable bonds is 2. The van der Waals surface area contributed by atoms with Crippen molar-refractivity contribution in [2.45, 2.75) is 19.8 Å². The number of primary amides is 1. The van der Waals surface area contributed by atoms with E-state index >= 15 is 0 Å². The maximum absolute atomic E-state index is 12.5. The van der Waals surface area contributed by atoms with Gasteiger partial charge in [0.1, 0.15) is 0 Å². The summed E-state index contributed by atoms with van der Waals surface area (Å²) in [4.78, 5) is 25.5. The highest BCUT2D eigenvalue weighted by molar-refractivity contribution is 9.10. The van der Waals surface area contributed by atoms with Gasteiger partial charge < -0.3 is 10.6 Å². The van der Waals surface area contributed by atoms with Crippen molar-refractivity contribution in [2.75, 3.05) is 13.1 Å². The minimum atomic E-state index is -0.319. The quantitative estimate of drug-likeness (QED) is 0.905. The van der Waals surface area contributed by atoms with E-state index in [1.807, 2.05) is 25.1 Å². The van der Waals surface area contributed by atoms with E-state index in [2.05, 4.69) is 15.9 Å². The summed E-state index contributed by atoms with van der Waals surface area (Å²) in [5.74, 6) is -0.580. The van der Waals surface area contributed by atoms with E-state index in [4.69, 9.17) is 5.73 Å². The van der Waals surface area contributed by atoms with Crippen LogP contribution in [0, 0.1) is 12.8 Å². The molecule has 1 unspecified atom stereocenters. The van der Waals surface area contributed by atoms with Gasteiger partial charge in [-0.2, -0.15) is 0 Å². The van der Waals surface area contributed by atoms with E-state index in [0.29, 0.717) is 18.7 Å². The number of likely N-dealkylation sites (tertiary alicyclic amines) is 1. The molecule has 0 saturated carbocycles. The van der Waals surface area contributed by atoms with Crippen molar-refractivity contribution in [1.82, 2.24) is 4.90 Å². The lowest BCUT2D eigenvalue weighted by atomic mass is 9.97. The van der Waals surface area contributed by atoms with Crippen LogP contribution in [0.5, 0.6) is 0 Å². The minimum Gasteiger partial charge on any atom is -0.369 e. The molecule has 2 rings (SSSR count). The molecule has 2 amide bonds. The molecule has 2 N–H and O–H groups in total. The molecule has 0 aliphatic carbocycles. The van der Waals surface area contributed by atoms with Gasteiger partial charge in [-0.05, 0) is 47.8 Å². The standard InChI is InChI=1S/C14H17BrN2O2/c1-9-4-5-12(15)11(7-9)14(19)17-6-2-3-10(8-17)13(16)18/h4-5,7,10H,2-3,6,8H2,1H3,(H2,16,18). The number of amides is 2. The molecule has 0 bridgehead atoms. The fourth-order valence-corrected chi connectivity index (χ4v) is 2.78. The molecule has 1 aliphatic heterocycles. The molecule has 1 aliphatic rings. The molecule has 1 aromatic rings. The van der Waals surface area contributed by atoms with E-state index in [1.165, 1.54) is 0 Å². The number of hydrogen-bond donors (Lipinski definition) is 1. The van der Waals surface area contributed by atoms with Crippen LogP contribution in [0.2, 0.25) is 0 Å². The summed E-state index contributed by atoms with van der Waals surface area (Å²) in [6.07, 6.45) is 1.59. The molecule has 1 heterocycles. The van der Waals surface area contributed by atoms with Crippen LogP contribution < -0.4 is 5.73 Å². The Hall–Kier alpha value is -1.36. The summed E-state index contributed by atoms with van der Waals surface area (Å²) >= 11 is 3.40. The van der Waals surface area contributed by atoms with Crippen molar-refractivity contribution in [3.05, 3.63) is 33.8 Å². The average molecular weight is 325 g/mol. The molecular weight excluding hydrogens is 308 g/mol. The number of piperidine rings is 1. The Labute approximate surface area is 121 Å². The lowest BCUT2D eigenvalue weighted by Crippen LogP contribution is -2.44. The Balaban J connectivity index is 2.19. The maximum atomic E-state index is 12.5. The molecule has 4 nitrogen and oxygen atoms in total. The molecule has 0 aromatic heterocycles. The van der Waals surface area contributed by atoms with E-state index in [0.717, 1.165) is 22.9 Å². The highest BCUT2D eigenvalue weighted by Gasteiger charge is 2.28. The van der Waals surface area contributed by atoms with Crippen molar-refractivity contribution in [2.24, 2.45) is 11.7 Å². The van der Waals surface area contributed by atoms with Crippen molar-refractivity contribution in [3.63, 3.8) is 0 Å². The van der Waals surface area contributed by atoms with Gasteiger partial charge in [0.25, 0.3) is 5.91 Å². The van der Waals surface area contributed by atoms with Gasteiger partial charge in [0, 0.05) is 17.6 Å². The summed E-state index contributed by atoms with van der Waals surface area (Å²) in [6, 6.07) is 5.68. The van der Waals surface area contributed by atoms with E-state index in [1.54, 1.807) is 4.90 Å². The Morgan fingerprint density at radius 1 is 1.42 bits per heavy atom. The first kappa shape index (κ1) is 14.1. The summed E-state index contributed by atoms with van der Waals surface area (Å²) in [6.45, 7) is 3.06. The van der Waals surface area contributed by atoms with Gasteiger partial charge in [0.05, 0.1) is 11.5 Å². The lowest BCUT2D eigenvalue weighted by Gasteiger charge is -2.31. The first-order chi connectivity index (χ1) is 8.99. The summed E-state index contributed by atoms with van der Waals surface area (Å²) in [5, 5.41) is 0. The van der Waals surface area contributed by atoms with Crippen molar-refractivity contribution < 1.29 is 9.59 Å². The summed E-state index contributed by atoms with van der Waals surface area (Å²) in [7, 11) is 0. The number of nitrogens with two attached hydrogens (primary N) is 1. The van der Waals surface area contributed by atoms with E-state index in [-0.39, 0.29) is 17.7 Å². The Morgan fingerprint density at radius 2 is 2.16 bits per heavy atom. The fourth-order valence-electron chi connectivity index (χ4n) is 2.37. The van der Waals surface area contributed by atoms with Gasteiger partial charge >= 0.3 is 0 Å². The first-order valence-corrected chi connectivity index (χ1v) is 7.13. The highest BCUT2D eigenvalue weighted by Crippen LogP contribution is 2.23. The van der Waals surface area contributed by atoms with Gasteiger partial charge in [0.2, 0.25) is 5.91 Å². The van der Waals surface area contributed by atoms with Crippen LogP contribution in [0.3, 0.4) is 0 Å². The maximum Gasteiger partial charge on any atom is 0.255 e. The molecule has 0 spiro atoms. The van der Waals surface area contributed by atoms with Crippen molar-refractivity contribution in [1.29, 1.82) is 0 Å². The predicted molar refractivity (Wildman–Crippen MR) is 76.7 cm³/mol. The van der Waals surface area contributed by atoms with Crippen LogP contribution in [0.4, 0.5) is 0 Å². The zero-order valence-corrected chi connectivity index (χ0v) is 12.4. The third kappa shape index (κ3) is 3.15. The highest BCUT2D eigenvalue weighted by atomic mass is 79.9. The third-order valence-corrected chi connectivity index (χ3v) is 4.15. The molecular formula is C14H17BrN2O2. The topological polar surface area (TPSA) is 63.4 Å². The number of carbonyl (C=O) groups excluding carboxylic acids is 2. The first-order valence-electron chi connectivity index (χ1n) is 6.34. The Morgan fingerprint density at radius 3 is 2.84 bits per heavy atom. The van der Waals surface area contributed by atoms with Crippen LogP contribution in [-0.4, -0.2) is 29.8 Å². The molecule has 1 atom stereocenters. The van der Waals surface area contributed by atoms with Crippen LogP contribution >= 0.6 is 15.9 Å². The SMILES string of the molecule is Cc1ccc(Br)c(C(=O)N2CCCC(C(N)=O)C2)c1. The number of carbonyl (C=O) groups is 2. The molecule has 1 fully saturated rings. The van der Waals surface area contributed by atoms with Gasteiger partial charge in [-0.3, -0.25) is 9.59 Å². The normalized spacial score (nSPS) is 19.3. The minimum absolute atomic E-state index is 0.0403. The smallest absolute Gasteiger partial charge is 0.255 e. The molecule has 5 heteroatoms. The third-order valence-electron chi connectivity index (χ3n) is 3.46. The second-order valence-electron chi connectivity index (χ2n) is 4.98. The van der Waals surface area contributed by atoms with E-state index in [9.17, 15) is 9.59 Å². The monoisotopic (exact) mass is 324 g/mol. The number of nitrogens with zero attached hydrogens (tertiary/aromatic N) is 1. The zero-order chi connectivity index (χ0) is 14.0. The number of benzene rings is 1. The largest absolute Gasteiger partial charge is 0.369 e. The van der Waals surface area contributed by atoms with Crippen LogP contribution in [-0.2, 0) is 4.79 Å². The molecule has 0 radical (unpaired) electrons. The molecule has 1 saturated heterocycles. The number of halogens is 1. The second-order valence-corrected chi connectivity index (χ2v) is 5.83. The molecule has 19 heavy (non-hydrogen) atoms. The van der Waals surface area contributed by atoms with E-state index < -0.39 is 0 Å². The summed E-state index contributed by atoms with van der Waals surface area (Å²) < 4.78 is 0.782. The number of aryl methyl sites for hydroxylation is 1. The zero-order valence-electron chi connectivity index (χ0n) is 10.9. The van der Waals surface area contributed by atoms with Crippen LogP contribution in [0.15, 0.2) is 22.7 Å². The van der Waals surface area contributed by atoms with Crippen LogP contribution in [0.1, 0.15) is 28.8 Å². The average Bonchev–Trinajstić information content (AvgIpc) is 2.41. The van der Waals surface area contributed by atoms with Gasteiger partial charge in [-0.25, -0.2) is 0 Å². The van der Waals surface area contributed by atoms with Gasteiger partial charge in [-0.1, -0.05) is 11.6 Å². The molecule has 102 valence electrons. The van der Waals surface area contributed by atoms with Crippen molar-refractivity contribution in [3.8, 4) is 0 Å². The Kier molecular flexibility index (Phi) is 4.24. The predicted octanol–water partition coefficient (Wildman–Crippen LogP) is 2.10. The fraction of sp³-hybridized carbons (Fsp3) is 0.429. The second kappa shape index (κ2) is 5.74. The number of hydrogen-bond acceptors (Lipinski definition) is 2. The van der Waals surface area contributed by atoms with Crippen LogP contribution in [0.25, 0.3) is 0 Å². The lowest BCUT2D eigenvalue weighted by molar-refractivity contribution is -0.123.